The Labute approximate surface area is 195 Å². The summed E-state index contributed by atoms with van der Waals surface area (Å²) >= 11 is 6.35. The Kier molecular flexibility index (Phi) is 9.03. The fraction of sp³-hybridized carbons (Fsp3) is 0.500. The average Bonchev–Trinajstić information content (AvgIpc) is 3.56. The van der Waals surface area contributed by atoms with Crippen LogP contribution >= 0.6 is 11.6 Å². The van der Waals surface area contributed by atoms with Gasteiger partial charge in [-0.05, 0) is 0 Å². The van der Waals surface area contributed by atoms with Gasteiger partial charge >= 0.3 is 195 Å². The molecule has 1 aromatic heterocycles. The zero-order valence-corrected chi connectivity index (χ0v) is 20.8. The number of pyridine rings is 1. The van der Waals surface area contributed by atoms with E-state index in [0.29, 0.717) is 5.02 Å². The van der Waals surface area contributed by atoms with Crippen molar-refractivity contribution in [2.75, 3.05) is 0 Å². The normalized spacial score (nSPS) is 14.9. The molecule has 168 valence electrons. The predicted octanol–water partition coefficient (Wildman–Crippen LogP) is 7.57. The van der Waals surface area contributed by atoms with Crippen LogP contribution in [0.1, 0.15) is 82.5 Å². The van der Waals surface area contributed by atoms with E-state index in [0.717, 1.165) is 42.2 Å². The molecule has 0 unspecified atom stereocenters. The molecular weight excluding hydrogens is 424 g/mol. The molecule has 1 heterocycles. The zero-order chi connectivity index (χ0) is 22.4. The van der Waals surface area contributed by atoms with Gasteiger partial charge in [-0.2, -0.15) is 0 Å². The molecule has 0 radical (unpaired) electrons. The fourth-order valence-electron chi connectivity index (χ4n) is 3.90. The number of aryl methyl sites for hydroxylation is 1. The van der Waals surface area contributed by atoms with Crippen LogP contribution in [0.4, 0.5) is 0 Å². The molecule has 1 aromatic carbocycles. The van der Waals surface area contributed by atoms with Crippen LogP contribution in [0.5, 0.6) is 0 Å². The molecule has 2 aromatic rings. The summed E-state index contributed by atoms with van der Waals surface area (Å²) < 4.78 is 15.6. The first kappa shape index (κ1) is 24.3. The van der Waals surface area contributed by atoms with Crippen LogP contribution in [0.25, 0.3) is 11.1 Å². The van der Waals surface area contributed by atoms with Gasteiger partial charge in [-0.15, -0.1) is 0 Å². The van der Waals surface area contributed by atoms with Crippen molar-refractivity contribution < 1.29 is 4.04 Å². The van der Waals surface area contributed by atoms with Gasteiger partial charge in [0.1, 0.15) is 0 Å². The Morgan fingerprint density at radius 3 is 2.52 bits per heavy atom. The Hall–Kier alpha value is -1.33. The van der Waals surface area contributed by atoms with Crippen LogP contribution < -0.4 is 4.72 Å². The number of unbranched alkanes of at least 4 members (excludes halogenated alkanes) is 1. The first-order valence-corrected chi connectivity index (χ1v) is 13.0. The molecule has 1 aliphatic rings. The molecule has 0 atom stereocenters. The van der Waals surface area contributed by atoms with Crippen molar-refractivity contribution >= 4 is 33.6 Å². The Morgan fingerprint density at radius 1 is 1.19 bits per heavy atom. The van der Waals surface area contributed by atoms with E-state index in [1.54, 1.807) is 6.20 Å². The molecule has 0 saturated heterocycles. The van der Waals surface area contributed by atoms with Gasteiger partial charge in [0, 0.05) is 0 Å². The third-order valence-electron chi connectivity index (χ3n) is 5.78. The van der Waals surface area contributed by atoms with Gasteiger partial charge in [-0.25, -0.2) is 0 Å². The van der Waals surface area contributed by atoms with Crippen molar-refractivity contribution in [3.8, 4) is 0 Å². The van der Waals surface area contributed by atoms with Gasteiger partial charge in [0.05, 0.1) is 0 Å². The topological polar surface area (TPSA) is 44.8 Å². The van der Waals surface area contributed by atoms with E-state index in [1.165, 1.54) is 41.5 Å². The molecule has 0 aliphatic heterocycles. The maximum absolute atomic E-state index is 12.5. The first-order valence-electron chi connectivity index (χ1n) is 11.5. The predicted molar refractivity (Wildman–Crippen MR) is 133 cm³/mol. The summed E-state index contributed by atoms with van der Waals surface area (Å²) in [5.74, 6) is 0.864. The third-order valence-corrected chi connectivity index (χ3v) is 7.37. The molecular formula is C26H35ClN2OS. The molecule has 31 heavy (non-hydrogen) atoms. The zero-order valence-electron chi connectivity index (χ0n) is 19.2. The summed E-state index contributed by atoms with van der Waals surface area (Å²) in [5, 5.41) is 0.682. The second kappa shape index (κ2) is 11.5. The van der Waals surface area contributed by atoms with E-state index in [1.807, 2.05) is 26.0 Å². The average molecular weight is 459 g/mol. The van der Waals surface area contributed by atoms with Gasteiger partial charge in [-0.3, -0.25) is 0 Å². The van der Waals surface area contributed by atoms with Gasteiger partial charge in [0.2, 0.25) is 0 Å². The van der Waals surface area contributed by atoms with Crippen molar-refractivity contribution in [1.82, 2.24) is 9.71 Å². The minimum atomic E-state index is -1.19. The monoisotopic (exact) mass is 458 g/mol. The number of nitrogens with one attached hydrogen (secondary N) is 1. The van der Waals surface area contributed by atoms with E-state index < -0.39 is 10.8 Å². The Balaban J connectivity index is 2.04. The summed E-state index contributed by atoms with van der Waals surface area (Å²) in [6, 6.07) is 10.5. The number of hydrogen-bond donors (Lipinski definition) is 1. The van der Waals surface area contributed by atoms with E-state index >= 15 is 0 Å². The molecule has 0 amide bonds. The Morgan fingerprint density at radius 2 is 1.90 bits per heavy atom. The van der Waals surface area contributed by atoms with E-state index in [9.17, 15) is 4.04 Å². The van der Waals surface area contributed by atoms with Crippen LogP contribution in [0.3, 0.4) is 0 Å². The van der Waals surface area contributed by atoms with Gasteiger partial charge < -0.3 is 0 Å². The molecule has 1 aliphatic carbocycles. The van der Waals surface area contributed by atoms with Crippen LogP contribution in [0.15, 0.2) is 41.4 Å². The summed E-state index contributed by atoms with van der Waals surface area (Å²) in [7, 11) is -1.19. The Bertz CT molecular complexity index is 985. The second-order valence-electron chi connectivity index (χ2n) is 8.89. The van der Waals surface area contributed by atoms with Crippen LogP contribution in [-0.2, 0) is 14.9 Å². The van der Waals surface area contributed by atoms with Gasteiger partial charge in [0.25, 0.3) is 0 Å². The van der Waals surface area contributed by atoms with Crippen molar-refractivity contribution in [2.24, 2.45) is 5.92 Å². The standard InChI is InChI=1S/C26H35ClN2OS/c1-5-6-7-25(26-16-22(27)17-28-19(26)4)24(15-10-20-8-9-20)21-11-13-23(14-12-21)31(30)29-18(2)3/h11-14,16-18,20,29H,5-10,15H2,1-4H3. The molecule has 0 bridgehead atoms. The maximum atomic E-state index is 12.5. The molecule has 3 nitrogen and oxygen atoms in total. The summed E-state index contributed by atoms with van der Waals surface area (Å²) in [4.78, 5) is 5.36. The summed E-state index contributed by atoms with van der Waals surface area (Å²) in [5.41, 5.74) is 6.17. The first-order chi connectivity index (χ1) is 14.9. The van der Waals surface area contributed by atoms with E-state index in [4.69, 9.17) is 11.6 Å². The summed E-state index contributed by atoms with van der Waals surface area (Å²) in [6.07, 6.45) is 10.0. The molecule has 0 spiro atoms. The van der Waals surface area contributed by atoms with Crippen molar-refractivity contribution in [2.45, 2.75) is 83.6 Å². The van der Waals surface area contributed by atoms with Crippen LogP contribution in [0.2, 0.25) is 5.02 Å². The SMILES string of the molecule is CCCCC(=C(CCC1CC1)c1ccc([S-](#[O+])NC(C)C)cc1)c1cc(Cl)cnc1C. The van der Waals surface area contributed by atoms with Crippen molar-refractivity contribution in [1.29, 1.82) is 0 Å². The quantitative estimate of drug-likeness (QED) is 0.311. The molecule has 3 rings (SSSR count). The van der Waals surface area contributed by atoms with Crippen LogP contribution in [0, 0.1) is 12.8 Å². The molecule has 1 fully saturated rings. The van der Waals surface area contributed by atoms with Crippen LogP contribution in [-0.4, -0.2) is 11.0 Å². The van der Waals surface area contributed by atoms with Crippen molar-refractivity contribution in [3.63, 3.8) is 0 Å². The number of halogens is 1. The fourth-order valence-corrected chi connectivity index (χ4v) is 5.01. The number of benzene rings is 1. The number of hydrogen-bond acceptors (Lipinski definition) is 3. The van der Waals surface area contributed by atoms with E-state index in [2.05, 4.69) is 41.8 Å². The molecule has 1 saturated carbocycles. The number of aromatic nitrogens is 1. The number of allylic oxidation sites excluding steroid dienone is 2. The third kappa shape index (κ3) is 7.08. The number of rotatable bonds is 9. The number of nitrogens with zero attached hydrogens (tertiary/aromatic N) is 1. The summed E-state index contributed by atoms with van der Waals surface area (Å²) in [6.45, 7) is 8.31. The van der Waals surface area contributed by atoms with Gasteiger partial charge in [-0.1, -0.05) is 0 Å². The van der Waals surface area contributed by atoms with Crippen molar-refractivity contribution in [3.05, 3.63) is 58.4 Å². The van der Waals surface area contributed by atoms with Gasteiger partial charge in [0.15, 0.2) is 0 Å². The molecule has 5 heteroatoms. The minimum absolute atomic E-state index is 0.174. The molecule has 1 N–H and O–H groups in total. The van der Waals surface area contributed by atoms with E-state index in [-0.39, 0.29) is 6.04 Å². The second-order valence-corrected chi connectivity index (χ2v) is 10.6.